The zero-order chi connectivity index (χ0) is 14.4. The summed E-state index contributed by atoms with van der Waals surface area (Å²) in [6.45, 7) is 9.81. The molecule has 2 unspecified atom stereocenters. The number of nitrogens with one attached hydrogen (secondary N) is 1. The number of benzene rings is 1. The van der Waals surface area contributed by atoms with Crippen molar-refractivity contribution >= 4 is 0 Å². The summed E-state index contributed by atoms with van der Waals surface area (Å²) in [5, 5.41) is 13.9. The standard InChI is InChI=1S/C16H27NO2/c1-11(2)15(17-8-9-19-5)16(18)14-7-6-12(3)13(4)10-14/h6-7,10-11,15-18H,8-9H2,1-5H3. The molecule has 0 spiro atoms. The Kier molecular flexibility index (Phi) is 6.49. The highest BCUT2D eigenvalue weighted by Crippen LogP contribution is 2.23. The Balaban J connectivity index is 2.80. The molecule has 1 aromatic carbocycles. The third-order valence-corrected chi connectivity index (χ3v) is 3.62. The maximum Gasteiger partial charge on any atom is 0.0945 e. The number of hydrogen-bond acceptors (Lipinski definition) is 3. The summed E-state index contributed by atoms with van der Waals surface area (Å²) < 4.78 is 5.05. The van der Waals surface area contributed by atoms with E-state index in [1.165, 1.54) is 11.1 Å². The molecule has 0 aliphatic heterocycles. The quantitative estimate of drug-likeness (QED) is 0.745. The van der Waals surface area contributed by atoms with Gasteiger partial charge in [-0.2, -0.15) is 0 Å². The van der Waals surface area contributed by atoms with E-state index in [0.29, 0.717) is 12.5 Å². The Bertz CT molecular complexity index is 390. The zero-order valence-electron chi connectivity index (χ0n) is 12.7. The molecule has 19 heavy (non-hydrogen) atoms. The molecule has 2 atom stereocenters. The van der Waals surface area contributed by atoms with Crippen molar-refractivity contribution in [3.63, 3.8) is 0 Å². The minimum absolute atomic E-state index is 0.0391. The molecule has 0 radical (unpaired) electrons. The number of ether oxygens (including phenoxy) is 1. The van der Waals surface area contributed by atoms with Gasteiger partial charge in [-0.15, -0.1) is 0 Å². The molecule has 0 aromatic heterocycles. The highest BCUT2D eigenvalue weighted by atomic mass is 16.5. The third-order valence-electron chi connectivity index (χ3n) is 3.62. The molecule has 1 aromatic rings. The van der Waals surface area contributed by atoms with E-state index in [0.717, 1.165) is 12.1 Å². The molecule has 3 heteroatoms. The monoisotopic (exact) mass is 265 g/mol. The van der Waals surface area contributed by atoms with Gasteiger partial charge in [-0.3, -0.25) is 0 Å². The summed E-state index contributed by atoms with van der Waals surface area (Å²) in [6, 6.07) is 6.20. The Labute approximate surface area is 117 Å². The normalized spacial score (nSPS) is 14.7. The SMILES string of the molecule is COCCNC(C(C)C)C(O)c1ccc(C)c(C)c1. The summed E-state index contributed by atoms with van der Waals surface area (Å²) >= 11 is 0. The lowest BCUT2D eigenvalue weighted by molar-refractivity contribution is 0.0978. The van der Waals surface area contributed by atoms with E-state index < -0.39 is 6.10 Å². The van der Waals surface area contributed by atoms with Crippen molar-refractivity contribution in [1.82, 2.24) is 5.32 Å². The molecule has 0 bridgehead atoms. The lowest BCUT2D eigenvalue weighted by atomic mass is 9.92. The van der Waals surface area contributed by atoms with Crippen LogP contribution in [0.4, 0.5) is 0 Å². The summed E-state index contributed by atoms with van der Waals surface area (Å²) in [5.74, 6) is 0.355. The van der Waals surface area contributed by atoms with Gasteiger partial charge in [0, 0.05) is 19.7 Å². The zero-order valence-corrected chi connectivity index (χ0v) is 12.7. The van der Waals surface area contributed by atoms with Gasteiger partial charge in [0.25, 0.3) is 0 Å². The van der Waals surface area contributed by atoms with Gasteiger partial charge in [-0.1, -0.05) is 32.0 Å². The lowest BCUT2D eigenvalue weighted by Gasteiger charge is -2.28. The van der Waals surface area contributed by atoms with E-state index in [1.807, 2.05) is 6.07 Å². The van der Waals surface area contributed by atoms with Crippen molar-refractivity contribution in [2.24, 2.45) is 5.92 Å². The molecule has 0 heterocycles. The highest BCUT2D eigenvalue weighted by Gasteiger charge is 2.23. The van der Waals surface area contributed by atoms with Crippen LogP contribution in [0.5, 0.6) is 0 Å². The maximum absolute atomic E-state index is 10.6. The van der Waals surface area contributed by atoms with Crippen LogP contribution >= 0.6 is 0 Å². The molecular weight excluding hydrogens is 238 g/mol. The topological polar surface area (TPSA) is 41.5 Å². The van der Waals surface area contributed by atoms with Crippen molar-refractivity contribution in [3.05, 3.63) is 34.9 Å². The van der Waals surface area contributed by atoms with E-state index in [-0.39, 0.29) is 6.04 Å². The van der Waals surface area contributed by atoms with Gasteiger partial charge in [0.15, 0.2) is 0 Å². The van der Waals surface area contributed by atoms with E-state index in [2.05, 4.69) is 45.1 Å². The first-order chi connectivity index (χ1) is 8.97. The molecule has 0 amide bonds. The van der Waals surface area contributed by atoms with Crippen molar-refractivity contribution < 1.29 is 9.84 Å². The average molecular weight is 265 g/mol. The summed E-state index contributed by atoms with van der Waals surface area (Å²) in [4.78, 5) is 0. The van der Waals surface area contributed by atoms with Gasteiger partial charge in [0.1, 0.15) is 0 Å². The van der Waals surface area contributed by atoms with Crippen LogP contribution < -0.4 is 5.32 Å². The second-order valence-electron chi connectivity index (χ2n) is 5.51. The van der Waals surface area contributed by atoms with Crippen LogP contribution in [-0.2, 0) is 4.74 Å². The third kappa shape index (κ3) is 4.60. The van der Waals surface area contributed by atoms with Gasteiger partial charge in [-0.05, 0) is 36.5 Å². The van der Waals surface area contributed by atoms with Gasteiger partial charge >= 0.3 is 0 Å². The van der Waals surface area contributed by atoms with Crippen LogP contribution in [0, 0.1) is 19.8 Å². The second-order valence-corrected chi connectivity index (χ2v) is 5.51. The highest BCUT2D eigenvalue weighted by molar-refractivity contribution is 5.31. The van der Waals surface area contributed by atoms with Crippen LogP contribution in [0.2, 0.25) is 0 Å². The molecule has 108 valence electrons. The summed E-state index contributed by atoms with van der Waals surface area (Å²) in [6.07, 6.45) is -0.490. The summed E-state index contributed by atoms with van der Waals surface area (Å²) in [7, 11) is 1.69. The van der Waals surface area contributed by atoms with Crippen LogP contribution in [0.3, 0.4) is 0 Å². The van der Waals surface area contributed by atoms with E-state index >= 15 is 0 Å². The van der Waals surface area contributed by atoms with Gasteiger partial charge in [-0.25, -0.2) is 0 Å². The number of hydrogen-bond donors (Lipinski definition) is 2. The average Bonchev–Trinajstić information content (AvgIpc) is 2.37. The largest absolute Gasteiger partial charge is 0.387 e. The van der Waals surface area contributed by atoms with Crippen molar-refractivity contribution in [2.45, 2.75) is 39.8 Å². The van der Waals surface area contributed by atoms with Crippen molar-refractivity contribution in [3.8, 4) is 0 Å². The first kappa shape index (κ1) is 16.2. The molecule has 0 aliphatic carbocycles. The number of rotatable bonds is 7. The van der Waals surface area contributed by atoms with Crippen LogP contribution in [0.1, 0.15) is 36.6 Å². The number of methoxy groups -OCH3 is 1. The number of aliphatic hydroxyl groups is 1. The Morgan fingerprint density at radius 2 is 1.89 bits per heavy atom. The molecular formula is C16H27NO2. The van der Waals surface area contributed by atoms with E-state index in [1.54, 1.807) is 7.11 Å². The first-order valence-electron chi connectivity index (χ1n) is 6.95. The van der Waals surface area contributed by atoms with Crippen LogP contribution in [0.15, 0.2) is 18.2 Å². The van der Waals surface area contributed by atoms with E-state index in [9.17, 15) is 5.11 Å². The Morgan fingerprint density at radius 1 is 1.21 bits per heavy atom. The molecule has 3 nitrogen and oxygen atoms in total. The van der Waals surface area contributed by atoms with Gasteiger partial charge in [0.05, 0.1) is 12.7 Å². The smallest absolute Gasteiger partial charge is 0.0945 e. The fraction of sp³-hybridized carbons (Fsp3) is 0.625. The minimum Gasteiger partial charge on any atom is -0.387 e. The molecule has 1 rings (SSSR count). The van der Waals surface area contributed by atoms with Crippen LogP contribution in [-0.4, -0.2) is 31.4 Å². The predicted octanol–water partition coefficient (Wildman–Crippen LogP) is 2.60. The summed E-state index contributed by atoms with van der Waals surface area (Å²) in [5.41, 5.74) is 3.45. The lowest BCUT2D eigenvalue weighted by Crippen LogP contribution is -2.40. The second kappa shape index (κ2) is 7.63. The Hall–Kier alpha value is -0.900. The molecule has 0 saturated carbocycles. The minimum atomic E-state index is -0.490. The van der Waals surface area contributed by atoms with Crippen LogP contribution in [0.25, 0.3) is 0 Å². The fourth-order valence-electron chi connectivity index (χ4n) is 2.20. The molecule has 2 N–H and O–H groups in total. The van der Waals surface area contributed by atoms with Gasteiger partial charge < -0.3 is 15.2 Å². The molecule has 0 aliphatic rings. The fourth-order valence-corrected chi connectivity index (χ4v) is 2.20. The van der Waals surface area contributed by atoms with Gasteiger partial charge in [0.2, 0.25) is 0 Å². The maximum atomic E-state index is 10.6. The molecule has 0 saturated heterocycles. The first-order valence-corrected chi connectivity index (χ1v) is 6.95. The predicted molar refractivity (Wildman–Crippen MR) is 79.4 cm³/mol. The van der Waals surface area contributed by atoms with Crippen molar-refractivity contribution in [1.29, 1.82) is 0 Å². The van der Waals surface area contributed by atoms with Crippen molar-refractivity contribution in [2.75, 3.05) is 20.3 Å². The number of aryl methyl sites for hydroxylation is 2. The number of aliphatic hydroxyl groups excluding tert-OH is 1. The Morgan fingerprint density at radius 3 is 2.42 bits per heavy atom. The molecule has 0 fully saturated rings. The van der Waals surface area contributed by atoms with E-state index in [4.69, 9.17) is 4.74 Å².